The lowest BCUT2D eigenvalue weighted by atomic mass is 10.1. The Kier molecular flexibility index (Phi) is 2.98. The van der Waals surface area contributed by atoms with E-state index in [4.69, 9.17) is 0 Å². The first-order valence-electron chi connectivity index (χ1n) is 4.95. The first-order valence-corrected chi connectivity index (χ1v) is 6.10. The second-order valence-corrected chi connectivity index (χ2v) is 5.24. The fourth-order valence-corrected chi connectivity index (χ4v) is 2.41. The molecule has 2 aliphatic rings. The molecule has 0 amide bonds. The van der Waals surface area contributed by atoms with Crippen LogP contribution in [0.5, 0.6) is 0 Å². The van der Waals surface area contributed by atoms with Gasteiger partial charge in [-0.15, -0.1) is 0 Å². The van der Waals surface area contributed by atoms with E-state index in [0.717, 1.165) is 24.3 Å². The van der Waals surface area contributed by atoms with Crippen LogP contribution in [-0.2, 0) is 0 Å². The second kappa shape index (κ2) is 3.93. The number of hydrogen-bond donors (Lipinski definition) is 1. The zero-order chi connectivity index (χ0) is 10.2. The van der Waals surface area contributed by atoms with Crippen molar-refractivity contribution >= 4 is 11.8 Å². The summed E-state index contributed by atoms with van der Waals surface area (Å²) in [7, 11) is 0. The Hall–Kier alpha value is 0.100. The molecule has 0 aromatic carbocycles. The molecular weight excluding hydrogens is 211 g/mol. The molecule has 5 heteroatoms. The van der Waals surface area contributed by atoms with Crippen LogP contribution in [0.3, 0.4) is 0 Å². The molecule has 1 saturated carbocycles. The van der Waals surface area contributed by atoms with Gasteiger partial charge in [0.1, 0.15) is 0 Å². The van der Waals surface area contributed by atoms with E-state index in [2.05, 4.69) is 5.32 Å². The molecule has 2 rings (SSSR count). The van der Waals surface area contributed by atoms with Crippen LogP contribution in [-0.4, -0.2) is 29.8 Å². The highest BCUT2D eigenvalue weighted by Crippen LogP contribution is 2.38. The van der Waals surface area contributed by atoms with Gasteiger partial charge < -0.3 is 5.32 Å². The molecule has 82 valence electrons. The maximum Gasteiger partial charge on any atom is 0.390 e. The third-order valence-corrected chi connectivity index (χ3v) is 4.01. The Morgan fingerprint density at radius 1 is 1.29 bits per heavy atom. The van der Waals surface area contributed by atoms with Crippen LogP contribution in [0.4, 0.5) is 13.2 Å². The van der Waals surface area contributed by atoms with Gasteiger partial charge in [-0.1, -0.05) is 0 Å². The Bertz CT molecular complexity index is 199. The van der Waals surface area contributed by atoms with Gasteiger partial charge in [-0.2, -0.15) is 24.9 Å². The van der Waals surface area contributed by atoms with Gasteiger partial charge in [-0.05, 0) is 18.8 Å². The number of alkyl halides is 3. The van der Waals surface area contributed by atoms with Gasteiger partial charge in [0.05, 0.1) is 6.42 Å². The van der Waals surface area contributed by atoms with E-state index in [0.29, 0.717) is 6.04 Å². The fourth-order valence-electron chi connectivity index (χ4n) is 1.74. The average molecular weight is 225 g/mol. The maximum absolute atomic E-state index is 12.2. The van der Waals surface area contributed by atoms with E-state index < -0.39 is 12.6 Å². The molecule has 1 aliphatic carbocycles. The van der Waals surface area contributed by atoms with Crippen molar-refractivity contribution < 1.29 is 13.2 Å². The predicted molar refractivity (Wildman–Crippen MR) is 51.4 cm³/mol. The highest BCUT2D eigenvalue weighted by atomic mass is 32.2. The molecule has 14 heavy (non-hydrogen) atoms. The summed E-state index contributed by atoms with van der Waals surface area (Å²) in [6.07, 6.45) is -2.74. The summed E-state index contributed by atoms with van der Waals surface area (Å²) >= 11 is 1.79. The van der Waals surface area contributed by atoms with Crippen molar-refractivity contribution in [2.75, 3.05) is 11.5 Å². The van der Waals surface area contributed by atoms with Gasteiger partial charge in [0.25, 0.3) is 0 Å². The minimum atomic E-state index is -4.02. The summed E-state index contributed by atoms with van der Waals surface area (Å²) in [5.41, 5.74) is 0. The van der Waals surface area contributed by atoms with Crippen molar-refractivity contribution in [3.63, 3.8) is 0 Å². The first kappa shape index (κ1) is 10.6. The summed E-state index contributed by atoms with van der Waals surface area (Å²) in [6.45, 7) is 0. The van der Waals surface area contributed by atoms with Gasteiger partial charge >= 0.3 is 6.18 Å². The monoisotopic (exact) mass is 225 g/mol. The number of thioether (sulfide) groups is 1. The van der Waals surface area contributed by atoms with E-state index in [1.54, 1.807) is 11.8 Å². The summed E-state index contributed by atoms with van der Waals surface area (Å²) in [5, 5.41) is 3.13. The zero-order valence-corrected chi connectivity index (χ0v) is 8.63. The van der Waals surface area contributed by atoms with Gasteiger partial charge in [-0.3, -0.25) is 0 Å². The molecule has 1 nitrogen and oxygen atoms in total. The molecule has 1 atom stereocenters. The lowest BCUT2D eigenvalue weighted by Gasteiger charge is -2.31. The Balaban J connectivity index is 1.80. The van der Waals surface area contributed by atoms with Crippen molar-refractivity contribution in [1.29, 1.82) is 0 Å². The maximum atomic E-state index is 12.2. The fraction of sp³-hybridized carbons (Fsp3) is 1.00. The van der Waals surface area contributed by atoms with Gasteiger partial charge in [0.2, 0.25) is 0 Å². The van der Waals surface area contributed by atoms with E-state index in [9.17, 15) is 13.2 Å². The van der Waals surface area contributed by atoms with Crippen molar-refractivity contribution in [3.05, 3.63) is 0 Å². The summed E-state index contributed by atoms with van der Waals surface area (Å²) in [6, 6.07) is 0.00819. The summed E-state index contributed by atoms with van der Waals surface area (Å²) < 4.78 is 36.7. The molecule has 0 spiro atoms. The van der Waals surface area contributed by atoms with Crippen molar-refractivity contribution in [3.8, 4) is 0 Å². The third kappa shape index (κ3) is 3.05. The minimum Gasteiger partial charge on any atom is -0.309 e. The van der Waals surface area contributed by atoms with Crippen LogP contribution in [0, 0.1) is 5.92 Å². The predicted octanol–water partition coefficient (Wildman–Crippen LogP) is 2.42. The first-order chi connectivity index (χ1) is 6.54. The highest BCUT2D eigenvalue weighted by Gasteiger charge is 2.41. The molecule has 1 aliphatic heterocycles. The number of rotatable bonds is 4. The molecule has 0 aromatic heterocycles. The molecule has 0 radical (unpaired) electrons. The van der Waals surface area contributed by atoms with E-state index >= 15 is 0 Å². The van der Waals surface area contributed by atoms with Crippen LogP contribution < -0.4 is 5.32 Å². The number of nitrogens with one attached hydrogen (secondary N) is 1. The lowest BCUT2D eigenvalue weighted by Crippen LogP contribution is -2.48. The normalized spacial score (nSPS) is 25.9. The van der Waals surface area contributed by atoms with E-state index in [-0.39, 0.29) is 12.0 Å². The summed E-state index contributed by atoms with van der Waals surface area (Å²) in [4.78, 5) is 0. The molecule has 1 N–H and O–H groups in total. The molecule has 2 fully saturated rings. The minimum absolute atomic E-state index is 0.280. The van der Waals surface area contributed by atoms with Gasteiger partial charge in [0.15, 0.2) is 0 Å². The average Bonchev–Trinajstić information content (AvgIpc) is 2.73. The second-order valence-electron chi connectivity index (χ2n) is 4.16. The van der Waals surface area contributed by atoms with Crippen LogP contribution in [0.25, 0.3) is 0 Å². The molecular formula is C9H14F3NS. The standard InChI is InChI=1S/C9H14F3NS/c10-9(11,12)3-8(6-1-2-6)13-7-4-14-5-7/h6-8,13H,1-5H2. The van der Waals surface area contributed by atoms with Crippen molar-refractivity contribution in [2.45, 2.75) is 37.5 Å². The van der Waals surface area contributed by atoms with E-state index in [1.165, 1.54) is 0 Å². The highest BCUT2D eigenvalue weighted by molar-refractivity contribution is 8.00. The Morgan fingerprint density at radius 3 is 2.29 bits per heavy atom. The summed E-state index contributed by atoms with van der Waals surface area (Å²) in [5.74, 6) is 2.23. The van der Waals surface area contributed by atoms with Crippen LogP contribution in [0.2, 0.25) is 0 Å². The molecule has 0 bridgehead atoms. The van der Waals surface area contributed by atoms with Gasteiger partial charge in [0, 0.05) is 23.6 Å². The largest absolute Gasteiger partial charge is 0.390 e. The third-order valence-electron chi connectivity index (χ3n) is 2.73. The molecule has 1 heterocycles. The number of halogens is 3. The van der Waals surface area contributed by atoms with Crippen molar-refractivity contribution in [2.24, 2.45) is 5.92 Å². The quantitative estimate of drug-likeness (QED) is 0.788. The van der Waals surface area contributed by atoms with Crippen LogP contribution >= 0.6 is 11.8 Å². The zero-order valence-electron chi connectivity index (χ0n) is 7.81. The molecule has 0 aromatic rings. The Morgan fingerprint density at radius 2 is 1.93 bits per heavy atom. The topological polar surface area (TPSA) is 12.0 Å². The number of hydrogen-bond acceptors (Lipinski definition) is 2. The lowest BCUT2D eigenvalue weighted by molar-refractivity contribution is -0.141. The SMILES string of the molecule is FC(F)(F)CC(NC1CSC1)C1CC1. The van der Waals surface area contributed by atoms with Crippen molar-refractivity contribution in [1.82, 2.24) is 5.32 Å². The van der Waals surface area contributed by atoms with E-state index in [1.807, 2.05) is 0 Å². The van der Waals surface area contributed by atoms with Gasteiger partial charge in [-0.25, -0.2) is 0 Å². The molecule has 1 saturated heterocycles. The van der Waals surface area contributed by atoms with Crippen LogP contribution in [0.15, 0.2) is 0 Å². The molecule has 1 unspecified atom stereocenters. The van der Waals surface area contributed by atoms with Crippen LogP contribution in [0.1, 0.15) is 19.3 Å². The Labute approximate surface area is 85.8 Å². The smallest absolute Gasteiger partial charge is 0.309 e.